The van der Waals surface area contributed by atoms with Crippen molar-refractivity contribution in [3.05, 3.63) is 60.3 Å². The van der Waals surface area contributed by atoms with Gasteiger partial charge in [0.25, 0.3) is 0 Å². The van der Waals surface area contributed by atoms with Gasteiger partial charge in [-0.1, -0.05) is 42.5 Å². The van der Waals surface area contributed by atoms with Gasteiger partial charge in [-0.2, -0.15) is 5.10 Å². The van der Waals surface area contributed by atoms with Crippen LogP contribution < -0.4 is 5.14 Å². The maximum atomic E-state index is 11.3. The summed E-state index contributed by atoms with van der Waals surface area (Å²) in [6, 6.07) is 16.3. The van der Waals surface area contributed by atoms with E-state index in [0.717, 1.165) is 28.1 Å². The summed E-state index contributed by atoms with van der Waals surface area (Å²) in [5, 5.41) is 12.5. The van der Waals surface area contributed by atoms with Crippen molar-refractivity contribution in [3.8, 4) is 22.4 Å². The molecule has 1 heterocycles. The van der Waals surface area contributed by atoms with Crippen LogP contribution in [0.25, 0.3) is 22.4 Å². The number of nitrogens with zero attached hydrogens (tertiary/aromatic N) is 1. The van der Waals surface area contributed by atoms with E-state index in [4.69, 9.17) is 5.14 Å². The third kappa shape index (κ3) is 2.66. The molecule has 0 radical (unpaired) electrons. The fourth-order valence-electron chi connectivity index (χ4n) is 2.40. The summed E-state index contributed by atoms with van der Waals surface area (Å²) >= 11 is 0. The lowest BCUT2D eigenvalue weighted by atomic mass is 9.99. The Morgan fingerprint density at radius 2 is 1.59 bits per heavy atom. The summed E-state index contributed by atoms with van der Waals surface area (Å²) in [5.74, 6) is 0. The van der Waals surface area contributed by atoms with E-state index >= 15 is 0 Å². The second-order valence-electron chi connectivity index (χ2n) is 5.01. The van der Waals surface area contributed by atoms with Crippen molar-refractivity contribution in [2.75, 3.05) is 0 Å². The van der Waals surface area contributed by atoms with Gasteiger partial charge in [0.15, 0.2) is 0 Å². The minimum atomic E-state index is -3.69. The highest BCUT2D eigenvalue weighted by Gasteiger charge is 2.15. The fraction of sp³-hybridized carbons (Fsp3) is 0.0625. The van der Waals surface area contributed by atoms with E-state index in [1.807, 2.05) is 37.3 Å². The van der Waals surface area contributed by atoms with Crippen molar-refractivity contribution in [3.63, 3.8) is 0 Å². The molecule has 0 aliphatic rings. The number of hydrogen-bond acceptors (Lipinski definition) is 3. The molecule has 0 unspecified atom stereocenters. The van der Waals surface area contributed by atoms with Crippen LogP contribution in [-0.4, -0.2) is 18.6 Å². The van der Waals surface area contributed by atoms with Crippen LogP contribution in [0.3, 0.4) is 0 Å². The van der Waals surface area contributed by atoms with Crippen LogP contribution in [0.4, 0.5) is 0 Å². The lowest BCUT2D eigenvalue weighted by molar-refractivity contribution is 0.598. The Balaban J connectivity index is 2.11. The molecule has 2 aromatic carbocycles. The average Bonchev–Trinajstić information content (AvgIpc) is 2.89. The van der Waals surface area contributed by atoms with Gasteiger partial charge in [0, 0.05) is 16.8 Å². The third-order valence-corrected chi connectivity index (χ3v) is 4.40. The van der Waals surface area contributed by atoms with Crippen LogP contribution in [0.1, 0.15) is 5.69 Å². The quantitative estimate of drug-likeness (QED) is 0.779. The summed E-state index contributed by atoms with van der Waals surface area (Å²) < 4.78 is 22.7. The van der Waals surface area contributed by atoms with Crippen molar-refractivity contribution in [1.82, 2.24) is 10.2 Å². The Labute approximate surface area is 128 Å². The van der Waals surface area contributed by atoms with Gasteiger partial charge in [-0.3, -0.25) is 5.10 Å². The van der Waals surface area contributed by atoms with Crippen molar-refractivity contribution in [1.29, 1.82) is 0 Å². The standard InChI is InChI=1S/C16H15N3O2S/c1-11-15(12-5-3-2-4-6-12)16(19-18-11)13-7-9-14(10-8-13)22(17,20)21/h2-10H,1H3,(H,18,19)(H2,17,20,21). The molecule has 0 aliphatic heterocycles. The highest BCUT2D eigenvalue weighted by Crippen LogP contribution is 2.32. The Hall–Kier alpha value is -2.44. The molecule has 5 nitrogen and oxygen atoms in total. The lowest BCUT2D eigenvalue weighted by Gasteiger charge is -2.05. The van der Waals surface area contributed by atoms with Gasteiger partial charge >= 0.3 is 0 Å². The summed E-state index contributed by atoms with van der Waals surface area (Å²) in [5.41, 5.74) is 4.63. The molecule has 0 amide bonds. The number of primary sulfonamides is 1. The van der Waals surface area contributed by atoms with E-state index in [-0.39, 0.29) is 4.90 Å². The van der Waals surface area contributed by atoms with Gasteiger partial charge in [-0.25, -0.2) is 13.6 Å². The van der Waals surface area contributed by atoms with Crippen molar-refractivity contribution < 1.29 is 8.42 Å². The number of H-pyrrole nitrogens is 1. The first-order valence-corrected chi connectivity index (χ1v) is 8.25. The first kappa shape index (κ1) is 14.5. The molecule has 3 aromatic rings. The molecular formula is C16H15N3O2S. The predicted octanol–water partition coefficient (Wildman–Crippen LogP) is 2.70. The molecule has 0 aliphatic carbocycles. The van der Waals surface area contributed by atoms with Crippen molar-refractivity contribution in [2.45, 2.75) is 11.8 Å². The number of benzene rings is 2. The second-order valence-corrected chi connectivity index (χ2v) is 6.57. The number of sulfonamides is 1. The number of hydrogen-bond donors (Lipinski definition) is 2. The minimum absolute atomic E-state index is 0.0877. The number of rotatable bonds is 3. The molecule has 0 saturated carbocycles. The summed E-state index contributed by atoms with van der Waals surface area (Å²) in [4.78, 5) is 0.0877. The van der Waals surface area contributed by atoms with E-state index in [1.165, 1.54) is 12.1 Å². The largest absolute Gasteiger partial charge is 0.282 e. The van der Waals surface area contributed by atoms with Gasteiger partial charge in [0.05, 0.1) is 4.90 Å². The maximum absolute atomic E-state index is 11.3. The highest BCUT2D eigenvalue weighted by atomic mass is 32.2. The SMILES string of the molecule is Cc1[nH]nc(-c2ccc(S(N)(=O)=O)cc2)c1-c1ccccc1. The van der Waals surface area contributed by atoms with E-state index in [2.05, 4.69) is 10.2 Å². The molecule has 3 N–H and O–H groups in total. The van der Waals surface area contributed by atoms with Gasteiger partial charge < -0.3 is 0 Å². The fourth-order valence-corrected chi connectivity index (χ4v) is 2.91. The topological polar surface area (TPSA) is 88.8 Å². The van der Waals surface area contributed by atoms with Crippen LogP contribution in [0.2, 0.25) is 0 Å². The zero-order chi connectivity index (χ0) is 15.7. The van der Waals surface area contributed by atoms with Crippen LogP contribution in [-0.2, 0) is 10.0 Å². The second kappa shape index (κ2) is 5.40. The van der Waals surface area contributed by atoms with Gasteiger partial charge in [0.1, 0.15) is 5.69 Å². The molecule has 3 rings (SSSR count). The highest BCUT2D eigenvalue weighted by molar-refractivity contribution is 7.89. The van der Waals surface area contributed by atoms with Gasteiger partial charge in [-0.15, -0.1) is 0 Å². The molecular weight excluding hydrogens is 298 g/mol. The molecule has 22 heavy (non-hydrogen) atoms. The summed E-state index contributed by atoms with van der Waals surface area (Å²) in [6.07, 6.45) is 0. The van der Waals surface area contributed by atoms with Crippen LogP contribution in [0.5, 0.6) is 0 Å². The summed E-state index contributed by atoms with van der Waals surface area (Å²) in [7, 11) is -3.69. The van der Waals surface area contributed by atoms with E-state index in [1.54, 1.807) is 12.1 Å². The Kier molecular flexibility index (Phi) is 3.56. The Morgan fingerprint density at radius 1 is 0.955 bits per heavy atom. The zero-order valence-electron chi connectivity index (χ0n) is 11.9. The van der Waals surface area contributed by atoms with Crippen molar-refractivity contribution >= 4 is 10.0 Å². The molecule has 0 saturated heterocycles. The Morgan fingerprint density at radius 3 is 2.18 bits per heavy atom. The molecule has 0 atom stereocenters. The van der Waals surface area contributed by atoms with Crippen LogP contribution in [0.15, 0.2) is 59.5 Å². The van der Waals surface area contributed by atoms with Crippen molar-refractivity contribution in [2.24, 2.45) is 5.14 Å². The molecule has 0 fully saturated rings. The number of aromatic amines is 1. The van der Waals surface area contributed by atoms with E-state index < -0.39 is 10.0 Å². The maximum Gasteiger partial charge on any atom is 0.238 e. The normalized spacial score (nSPS) is 11.5. The average molecular weight is 313 g/mol. The molecule has 1 aromatic heterocycles. The smallest absolute Gasteiger partial charge is 0.238 e. The monoisotopic (exact) mass is 313 g/mol. The number of nitrogens with one attached hydrogen (secondary N) is 1. The lowest BCUT2D eigenvalue weighted by Crippen LogP contribution is -2.11. The van der Waals surface area contributed by atoms with Crippen LogP contribution >= 0.6 is 0 Å². The molecule has 0 spiro atoms. The number of nitrogens with two attached hydrogens (primary N) is 1. The first-order chi connectivity index (χ1) is 10.5. The van der Waals surface area contributed by atoms with E-state index in [9.17, 15) is 8.42 Å². The third-order valence-electron chi connectivity index (χ3n) is 3.47. The molecule has 112 valence electrons. The summed E-state index contributed by atoms with van der Waals surface area (Å²) in [6.45, 7) is 1.96. The predicted molar refractivity (Wildman–Crippen MR) is 85.6 cm³/mol. The van der Waals surface area contributed by atoms with Gasteiger partial charge in [-0.05, 0) is 24.6 Å². The first-order valence-electron chi connectivity index (χ1n) is 6.70. The number of aryl methyl sites for hydroxylation is 1. The molecule has 6 heteroatoms. The zero-order valence-corrected chi connectivity index (χ0v) is 12.8. The number of aromatic nitrogens is 2. The van der Waals surface area contributed by atoms with Gasteiger partial charge in [0.2, 0.25) is 10.0 Å². The molecule has 0 bridgehead atoms. The minimum Gasteiger partial charge on any atom is -0.282 e. The Bertz CT molecular complexity index is 898. The van der Waals surface area contributed by atoms with E-state index in [0.29, 0.717) is 0 Å². The van der Waals surface area contributed by atoms with Crippen LogP contribution in [0, 0.1) is 6.92 Å².